The van der Waals surface area contributed by atoms with Gasteiger partial charge in [-0.15, -0.1) is 12.4 Å². The SMILES string of the molecule is Cc1ccc(COc2ccc(Cl)cc2CNC2CCCCCCC2)cc1.Cl. The number of hydrogen-bond acceptors (Lipinski definition) is 2. The molecule has 148 valence electrons. The van der Waals surface area contributed by atoms with Gasteiger partial charge in [-0.25, -0.2) is 0 Å². The van der Waals surface area contributed by atoms with E-state index in [0.717, 1.165) is 22.9 Å². The van der Waals surface area contributed by atoms with Gasteiger partial charge in [-0.1, -0.05) is 73.5 Å². The zero-order valence-electron chi connectivity index (χ0n) is 16.2. The second-order valence-electron chi connectivity index (χ2n) is 7.45. The highest BCUT2D eigenvalue weighted by molar-refractivity contribution is 6.30. The number of hydrogen-bond donors (Lipinski definition) is 1. The maximum atomic E-state index is 6.24. The highest BCUT2D eigenvalue weighted by atomic mass is 35.5. The van der Waals surface area contributed by atoms with Crippen molar-refractivity contribution in [2.75, 3.05) is 0 Å². The predicted molar refractivity (Wildman–Crippen MR) is 117 cm³/mol. The molecule has 3 rings (SSSR count). The fourth-order valence-electron chi connectivity index (χ4n) is 3.59. The van der Waals surface area contributed by atoms with Gasteiger partial charge in [-0.05, 0) is 43.5 Å². The van der Waals surface area contributed by atoms with Crippen molar-refractivity contribution >= 4 is 24.0 Å². The number of ether oxygens (including phenoxy) is 1. The van der Waals surface area contributed by atoms with Gasteiger partial charge >= 0.3 is 0 Å². The highest BCUT2D eigenvalue weighted by Gasteiger charge is 2.12. The Morgan fingerprint density at radius 3 is 2.33 bits per heavy atom. The minimum atomic E-state index is 0. The lowest BCUT2D eigenvalue weighted by Crippen LogP contribution is -2.29. The molecule has 0 atom stereocenters. The molecule has 0 unspecified atom stereocenters. The summed E-state index contributed by atoms with van der Waals surface area (Å²) in [6.45, 7) is 3.50. The summed E-state index contributed by atoms with van der Waals surface area (Å²) >= 11 is 6.24. The molecular formula is C23H31Cl2NO. The quantitative estimate of drug-likeness (QED) is 0.564. The van der Waals surface area contributed by atoms with E-state index in [2.05, 4.69) is 36.5 Å². The minimum absolute atomic E-state index is 0. The zero-order chi connectivity index (χ0) is 18.2. The molecule has 0 aromatic heterocycles. The van der Waals surface area contributed by atoms with Crippen molar-refractivity contribution in [1.29, 1.82) is 0 Å². The molecule has 0 amide bonds. The third-order valence-corrected chi connectivity index (χ3v) is 5.46. The summed E-state index contributed by atoms with van der Waals surface area (Å²) in [6.07, 6.45) is 9.38. The summed E-state index contributed by atoms with van der Waals surface area (Å²) in [7, 11) is 0. The van der Waals surface area contributed by atoms with E-state index in [1.54, 1.807) is 0 Å². The molecule has 2 aromatic rings. The Hall–Kier alpha value is -1.22. The molecule has 0 saturated heterocycles. The maximum absolute atomic E-state index is 6.24. The van der Waals surface area contributed by atoms with Gasteiger partial charge in [-0.3, -0.25) is 0 Å². The van der Waals surface area contributed by atoms with Crippen molar-refractivity contribution in [2.24, 2.45) is 0 Å². The van der Waals surface area contributed by atoms with E-state index in [1.807, 2.05) is 18.2 Å². The lowest BCUT2D eigenvalue weighted by Gasteiger charge is -2.22. The topological polar surface area (TPSA) is 21.3 Å². The highest BCUT2D eigenvalue weighted by Crippen LogP contribution is 2.25. The Morgan fingerprint density at radius 2 is 1.63 bits per heavy atom. The van der Waals surface area contributed by atoms with Crippen LogP contribution in [-0.2, 0) is 13.2 Å². The van der Waals surface area contributed by atoms with E-state index < -0.39 is 0 Å². The Kier molecular flexibility index (Phi) is 9.47. The average molecular weight is 408 g/mol. The van der Waals surface area contributed by atoms with Crippen molar-refractivity contribution < 1.29 is 4.74 Å². The van der Waals surface area contributed by atoms with Crippen LogP contribution in [-0.4, -0.2) is 6.04 Å². The van der Waals surface area contributed by atoms with Crippen LogP contribution in [0.4, 0.5) is 0 Å². The monoisotopic (exact) mass is 407 g/mol. The molecule has 1 fully saturated rings. The van der Waals surface area contributed by atoms with Gasteiger partial charge in [0.15, 0.2) is 0 Å². The van der Waals surface area contributed by atoms with E-state index in [1.165, 1.54) is 56.1 Å². The number of benzene rings is 2. The number of halogens is 2. The molecule has 2 aromatic carbocycles. The van der Waals surface area contributed by atoms with Crippen molar-refractivity contribution in [3.8, 4) is 5.75 Å². The molecule has 4 heteroatoms. The van der Waals surface area contributed by atoms with Gasteiger partial charge in [0.2, 0.25) is 0 Å². The second-order valence-corrected chi connectivity index (χ2v) is 7.89. The number of aryl methyl sites for hydroxylation is 1. The largest absolute Gasteiger partial charge is 0.489 e. The normalized spacial score (nSPS) is 15.5. The predicted octanol–water partition coefficient (Wildman–Crippen LogP) is 6.85. The summed E-state index contributed by atoms with van der Waals surface area (Å²) in [5.41, 5.74) is 3.60. The summed E-state index contributed by atoms with van der Waals surface area (Å²) in [4.78, 5) is 0. The lowest BCUT2D eigenvalue weighted by atomic mass is 9.96. The molecule has 1 saturated carbocycles. The Bertz CT molecular complexity index is 679. The van der Waals surface area contributed by atoms with Crippen molar-refractivity contribution in [3.05, 3.63) is 64.2 Å². The number of rotatable bonds is 6. The molecule has 1 N–H and O–H groups in total. The third kappa shape index (κ3) is 7.37. The standard InChI is InChI=1S/C23H30ClNO.ClH/c1-18-9-11-19(12-10-18)17-26-23-14-13-21(24)15-20(23)16-25-22-7-5-3-2-4-6-8-22;/h9-15,22,25H,2-8,16-17H2,1H3;1H. The van der Waals surface area contributed by atoms with Crippen molar-refractivity contribution in [1.82, 2.24) is 5.32 Å². The molecule has 1 aliphatic carbocycles. The van der Waals surface area contributed by atoms with Crippen LogP contribution in [0.5, 0.6) is 5.75 Å². The summed E-state index contributed by atoms with van der Waals surface area (Å²) < 4.78 is 6.10. The molecule has 0 radical (unpaired) electrons. The molecule has 0 bridgehead atoms. The van der Waals surface area contributed by atoms with Gasteiger partial charge < -0.3 is 10.1 Å². The van der Waals surface area contributed by atoms with Crippen LogP contribution >= 0.6 is 24.0 Å². The van der Waals surface area contributed by atoms with E-state index in [4.69, 9.17) is 16.3 Å². The van der Waals surface area contributed by atoms with Crippen LogP contribution in [0, 0.1) is 6.92 Å². The third-order valence-electron chi connectivity index (χ3n) is 5.22. The summed E-state index contributed by atoms with van der Waals surface area (Å²) in [5.74, 6) is 0.924. The van der Waals surface area contributed by atoms with Gasteiger partial charge in [0, 0.05) is 23.2 Å². The Balaban J connectivity index is 0.00000261. The van der Waals surface area contributed by atoms with Crippen LogP contribution in [0.15, 0.2) is 42.5 Å². The van der Waals surface area contributed by atoms with Crippen LogP contribution < -0.4 is 10.1 Å². The minimum Gasteiger partial charge on any atom is -0.489 e. The number of nitrogens with one attached hydrogen (secondary N) is 1. The van der Waals surface area contributed by atoms with Crippen molar-refractivity contribution in [2.45, 2.75) is 71.1 Å². The van der Waals surface area contributed by atoms with Gasteiger partial charge in [-0.2, -0.15) is 0 Å². The Morgan fingerprint density at radius 1 is 0.963 bits per heavy atom. The van der Waals surface area contributed by atoms with Crippen molar-refractivity contribution in [3.63, 3.8) is 0 Å². The molecule has 27 heavy (non-hydrogen) atoms. The summed E-state index contributed by atoms with van der Waals surface area (Å²) in [5, 5.41) is 4.51. The van der Waals surface area contributed by atoms with E-state index in [0.29, 0.717) is 12.6 Å². The Labute approximate surface area is 175 Å². The lowest BCUT2D eigenvalue weighted by molar-refractivity contribution is 0.300. The molecule has 0 heterocycles. The zero-order valence-corrected chi connectivity index (χ0v) is 17.7. The smallest absolute Gasteiger partial charge is 0.124 e. The first kappa shape index (κ1) is 22.1. The molecular weight excluding hydrogens is 377 g/mol. The molecule has 0 spiro atoms. The van der Waals surface area contributed by atoms with Gasteiger partial charge in [0.1, 0.15) is 12.4 Å². The van der Waals surface area contributed by atoms with Crippen LogP contribution in [0.25, 0.3) is 0 Å². The van der Waals surface area contributed by atoms with Crippen LogP contribution in [0.3, 0.4) is 0 Å². The first-order valence-corrected chi connectivity index (χ1v) is 10.3. The van der Waals surface area contributed by atoms with Gasteiger partial charge in [0.25, 0.3) is 0 Å². The fraction of sp³-hybridized carbons (Fsp3) is 0.478. The maximum Gasteiger partial charge on any atom is 0.124 e. The fourth-order valence-corrected chi connectivity index (χ4v) is 3.78. The molecule has 2 nitrogen and oxygen atoms in total. The molecule has 0 aliphatic heterocycles. The average Bonchev–Trinajstić information content (AvgIpc) is 2.61. The van der Waals surface area contributed by atoms with Crippen LogP contribution in [0.2, 0.25) is 5.02 Å². The van der Waals surface area contributed by atoms with Gasteiger partial charge in [0.05, 0.1) is 0 Å². The van der Waals surface area contributed by atoms with E-state index >= 15 is 0 Å². The first-order chi connectivity index (χ1) is 12.7. The first-order valence-electron chi connectivity index (χ1n) is 9.91. The molecule has 1 aliphatic rings. The summed E-state index contributed by atoms with van der Waals surface area (Å²) in [6, 6.07) is 15.0. The van der Waals surface area contributed by atoms with E-state index in [9.17, 15) is 0 Å². The van der Waals surface area contributed by atoms with E-state index in [-0.39, 0.29) is 12.4 Å². The second kappa shape index (κ2) is 11.6. The van der Waals surface area contributed by atoms with Crippen LogP contribution in [0.1, 0.15) is 61.6 Å².